The number of carbonyl (C=O) groups is 2. The minimum Gasteiger partial charge on any atom is -0.481 e. The molecule has 1 atom stereocenters. The molecular weight excluding hydrogens is 352 g/mol. The molecule has 0 saturated carbocycles. The van der Waals surface area contributed by atoms with E-state index in [2.05, 4.69) is 10.3 Å². The number of thioether (sulfide) groups is 1. The molecule has 6 nitrogen and oxygen atoms in total. The van der Waals surface area contributed by atoms with E-state index in [1.54, 1.807) is 24.4 Å². The van der Waals surface area contributed by atoms with Gasteiger partial charge in [0.05, 0.1) is 5.02 Å². The third-order valence-corrected chi connectivity index (χ3v) is 5.37. The highest BCUT2D eigenvalue weighted by molar-refractivity contribution is 7.99. The van der Waals surface area contributed by atoms with E-state index < -0.39 is 17.4 Å². The lowest BCUT2D eigenvalue weighted by Crippen LogP contribution is -2.55. The van der Waals surface area contributed by atoms with Crippen molar-refractivity contribution >= 4 is 46.1 Å². The van der Waals surface area contributed by atoms with Crippen LogP contribution in [0.3, 0.4) is 0 Å². The summed E-state index contributed by atoms with van der Waals surface area (Å²) in [6, 6.07) is 6.89. The number of nitrogens with zero attached hydrogens (tertiary/aromatic N) is 1. The lowest BCUT2D eigenvalue weighted by molar-refractivity contribution is -0.146. The van der Waals surface area contributed by atoms with Gasteiger partial charge in [-0.3, -0.25) is 9.78 Å². The second-order valence-corrected chi connectivity index (χ2v) is 6.98. The SMILES string of the molecule is O=C(COc1ccc(Cl)c2cccnc12)NC1(C(=O)O)CCSC1. The van der Waals surface area contributed by atoms with Gasteiger partial charge < -0.3 is 15.2 Å². The lowest BCUT2D eigenvalue weighted by Gasteiger charge is -2.24. The fraction of sp³-hybridized carbons (Fsp3) is 0.312. The highest BCUT2D eigenvalue weighted by Crippen LogP contribution is 2.30. The van der Waals surface area contributed by atoms with Gasteiger partial charge in [0.15, 0.2) is 6.61 Å². The lowest BCUT2D eigenvalue weighted by atomic mass is 9.99. The van der Waals surface area contributed by atoms with Crippen molar-refractivity contribution in [2.24, 2.45) is 0 Å². The Labute approximate surface area is 147 Å². The first-order valence-electron chi connectivity index (χ1n) is 7.30. The van der Waals surface area contributed by atoms with Gasteiger partial charge in [-0.25, -0.2) is 4.79 Å². The summed E-state index contributed by atoms with van der Waals surface area (Å²) in [6.07, 6.45) is 2.02. The Hall–Kier alpha value is -1.99. The highest BCUT2D eigenvalue weighted by atomic mass is 35.5. The number of benzene rings is 1. The number of pyridine rings is 1. The first kappa shape index (κ1) is 16.9. The fourth-order valence-electron chi connectivity index (χ4n) is 2.56. The Morgan fingerprint density at radius 1 is 1.42 bits per heavy atom. The number of carbonyl (C=O) groups excluding carboxylic acids is 1. The van der Waals surface area contributed by atoms with Gasteiger partial charge in [0, 0.05) is 17.3 Å². The van der Waals surface area contributed by atoms with Crippen LogP contribution >= 0.6 is 23.4 Å². The van der Waals surface area contributed by atoms with E-state index in [1.165, 1.54) is 11.8 Å². The number of aliphatic carboxylic acids is 1. The average Bonchev–Trinajstić information content (AvgIpc) is 3.04. The second kappa shape index (κ2) is 6.86. The molecule has 1 aliphatic heterocycles. The Balaban J connectivity index is 1.71. The smallest absolute Gasteiger partial charge is 0.330 e. The molecule has 1 aliphatic rings. The molecule has 1 fully saturated rings. The Bertz CT molecular complexity index is 793. The predicted octanol–water partition coefficient (Wildman–Crippen LogP) is 2.34. The van der Waals surface area contributed by atoms with Crippen molar-refractivity contribution in [2.45, 2.75) is 12.0 Å². The molecule has 1 aromatic heterocycles. The van der Waals surface area contributed by atoms with Gasteiger partial charge >= 0.3 is 5.97 Å². The standard InChI is InChI=1S/C16H15ClN2O4S/c17-11-3-4-12(14-10(11)2-1-6-18-14)23-8-13(20)19-16(15(21)22)5-7-24-9-16/h1-4,6H,5,7-9H2,(H,19,20)(H,21,22). The monoisotopic (exact) mass is 366 g/mol. The van der Waals surface area contributed by atoms with Gasteiger partial charge in [0.2, 0.25) is 0 Å². The van der Waals surface area contributed by atoms with Crippen LogP contribution in [0.25, 0.3) is 10.9 Å². The van der Waals surface area contributed by atoms with E-state index in [1.807, 2.05) is 6.07 Å². The van der Waals surface area contributed by atoms with Crippen molar-refractivity contribution < 1.29 is 19.4 Å². The van der Waals surface area contributed by atoms with Crippen LogP contribution < -0.4 is 10.1 Å². The number of carboxylic acid groups (broad SMARTS) is 1. The zero-order valence-corrected chi connectivity index (χ0v) is 14.2. The maximum Gasteiger partial charge on any atom is 0.330 e. The molecule has 1 amide bonds. The number of rotatable bonds is 5. The second-order valence-electron chi connectivity index (χ2n) is 5.47. The summed E-state index contributed by atoms with van der Waals surface area (Å²) in [5.41, 5.74) is -0.645. The zero-order chi connectivity index (χ0) is 17.2. The fourth-order valence-corrected chi connectivity index (χ4v) is 4.10. The minimum atomic E-state index is -1.20. The first-order valence-corrected chi connectivity index (χ1v) is 8.83. The summed E-state index contributed by atoms with van der Waals surface area (Å²) in [6.45, 7) is -0.285. The van der Waals surface area contributed by atoms with E-state index >= 15 is 0 Å². The maximum atomic E-state index is 12.1. The summed E-state index contributed by atoms with van der Waals surface area (Å²) in [5, 5.41) is 13.2. The number of fused-ring (bicyclic) bond motifs is 1. The highest BCUT2D eigenvalue weighted by Gasteiger charge is 2.43. The number of nitrogens with one attached hydrogen (secondary N) is 1. The van der Waals surface area contributed by atoms with E-state index in [0.29, 0.717) is 34.2 Å². The summed E-state index contributed by atoms with van der Waals surface area (Å²) in [4.78, 5) is 27.8. The van der Waals surface area contributed by atoms with E-state index in [4.69, 9.17) is 16.3 Å². The number of ether oxygens (including phenoxy) is 1. The molecule has 0 bridgehead atoms. The predicted molar refractivity (Wildman–Crippen MR) is 92.7 cm³/mol. The van der Waals surface area contributed by atoms with Gasteiger partial charge in [-0.15, -0.1) is 0 Å². The van der Waals surface area contributed by atoms with Gasteiger partial charge in [-0.2, -0.15) is 11.8 Å². The van der Waals surface area contributed by atoms with Crippen LogP contribution in [-0.2, 0) is 9.59 Å². The van der Waals surface area contributed by atoms with Crippen molar-refractivity contribution in [3.05, 3.63) is 35.5 Å². The quantitative estimate of drug-likeness (QED) is 0.844. The molecule has 0 spiro atoms. The molecule has 2 heterocycles. The Morgan fingerprint density at radius 3 is 2.96 bits per heavy atom. The first-order chi connectivity index (χ1) is 11.5. The normalized spacial score (nSPS) is 20.0. The number of halogens is 1. The topological polar surface area (TPSA) is 88.5 Å². The summed E-state index contributed by atoms with van der Waals surface area (Å²) in [5.74, 6) is 0.00676. The molecule has 126 valence electrons. The largest absolute Gasteiger partial charge is 0.481 e. The van der Waals surface area contributed by atoms with Crippen LogP contribution in [0.5, 0.6) is 5.75 Å². The van der Waals surface area contributed by atoms with Crippen molar-refractivity contribution in [1.82, 2.24) is 10.3 Å². The maximum absolute atomic E-state index is 12.1. The molecule has 2 aromatic rings. The molecule has 0 aliphatic carbocycles. The van der Waals surface area contributed by atoms with Gasteiger partial charge in [0.25, 0.3) is 5.91 Å². The number of aromatic nitrogens is 1. The summed E-state index contributed by atoms with van der Waals surface area (Å²) >= 11 is 7.62. The molecule has 2 N–H and O–H groups in total. The van der Waals surface area contributed by atoms with Gasteiger partial charge in [-0.1, -0.05) is 11.6 Å². The van der Waals surface area contributed by atoms with E-state index in [9.17, 15) is 14.7 Å². The molecule has 3 rings (SSSR count). The van der Waals surface area contributed by atoms with E-state index in [-0.39, 0.29) is 6.61 Å². The van der Waals surface area contributed by atoms with Crippen molar-refractivity contribution in [2.75, 3.05) is 18.1 Å². The minimum absolute atomic E-state index is 0.285. The summed E-state index contributed by atoms with van der Waals surface area (Å²) in [7, 11) is 0. The van der Waals surface area contributed by atoms with Crippen molar-refractivity contribution in [1.29, 1.82) is 0 Å². The van der Waals surface area contributed by atoms with Crippen LogP contribution in [0.15, 0.2) is 30.5 Å². The Kier molecular flexibility index (Phi) is 4.82. The molecule has 1 aromatic carbocycles. The van der Waals surface area contributed by atoms with Crippen LogP contribution in [0, 0.1) is 0 Å². The van der Waals surface area contributed by atoms with Crippen molar-refractivity contribution in [3.63, 3.8) is 0 Å². The summed E-state index contributed by atoms with van der Waals surface area (Å²) < 4.78 is 5.54. The van der Waals surface area contributed by atoms with Gasteiger partial charge in [-0.05, 0) is 36.4 Å². The number of hydrogen-bond acceptors (Lipinski definition) is 5. The number of carboxylic acids is 1. The van der Waals surface area contributed by atoms with Crippen LogP contribution in [0.4, 0.5) is 0 Å². The molecule has 1 saturated heterocycles. The van der Waals surface area contributed by atoms with E-state index in [0.717, 1.165) is 5.39 Å². The van der Waals surface area contributed by atoms with Crippen LogP contribution in [-0.4, -0.2) is 45.6 Å². The third-order valence-electron chi connectivity index (χ3n) is 3.85. The Morgan fingerprint density at radius 2 is 2.25 bits per heavy atom. The van der Waals surface area contributed by atoms with Crippen LogP contribution in [0.2, 0.25) is 5.02 Å². The molecule has 24 heavy (non-hydrogen) atoms. The zero-order valence-electron chi connectivity index (χ0n) is 12.6. The van der Waals surface area contributed by atoms with Crippen molar-refractivity contribution in [3.8, 4) is 5.75 Å². The molecule has 8 heteroatoms. The van der Waals surface area contributed by atoms with Gasteiger partial charge in [0.1, 0.15) is 16.8 Å². The average molecular weight is 367 g/mol. The molecular formula is C16H15ClN2O4S. The molecule has 0 radical (unpaired) electrons. The number of amides is 1. The third kappa shape index (κ3) is 3.27. The number of hydrogen-bond donors (Lipinski definition) is 2. The van der Waals surface area contributed by atoms with Crippen LogP contribution in [0.1, 0.15) is 6.42 Å². The molecule has 1 unspecified atom stereocenters.